The molecule has 1 aliphatic rings. The van der Waals surface area contributed by atoms with Crippen LogP contribution in [0.15, 0.2) is 54.6 Å². The Kier molecular flexibility index (Phi) is 5.57. The summed E-state index contributed by atoms with van der Waals surface area (Å²) in [6.45, 7) is 9.68. The van der Waals surface area contributed by atoms with E-state index in [2.05, 4.69) is 5.32 Å². The minimum absolute atomic E-state index is 0.0331. The van der Waals surface area contributed by atoms with Crippen molar-refractivity contribution in [2.75, 3.05) is 0 Å². The molecule has 3 rings (SSSR count). The summed E-state index contributed by atoms with van der Waals surface area (Å²) in [6, 6.07) is 16.8. The van der Waals surface area contributed by atoms with Crippen LogP contribution >= 0.6 is 0 Å². The molecule has 148 valence electrons. The molecular weight excluding hydrogens is 352 g/mol. The summed E-state index contributed by atoms with van der Waals surface area (Å²) < 4.78 is 6.05. The first kappa shape index (κ1) is 20.1. The third-order valence-corrected chi connectivity index (χ3v) is 5.06. The first-order valence-corrected chi connectivity index (χ1v) is 9.67. The van der Waals surface area contributed by atoms with Crippen LogP contribution in [0, 0.1) is 0 Å². The van der Waals surface area contributed by atoms with E-state index in [1.165, 1.54) is 0 Å². The average molecular weight is 380 g/mol. The standard InChI is InChI=1S/C23H28N2O3/c1-15(2)25-22(27)20(28-23(25,4)5)18-12-9-13-19(14-18)21(26)24-16(3)17-10-7-6-8-11-17/h6-16,20H,1-5H3,(H,24,26)/t16-,20+/m1/s1. The summed E-state index contributed by atoms with van der Waals surface area (Å²) in [5.41, 5.74) is 1.56. The topological polar surface area (TPSA) is 58.6 Å². The molecule has 5 nitrogen and oxygen atoms in total. The molecule has 0 spiro atoms. The number of hydrogen-bond donors (Lipinski definition) is 1. The van der Waals surface area contributed by atoms with Gasteiger partial charge < -0.3 is 15.0 Å². The lowest BCUT2D eigenvalue weighted by molar-refractivity contribution is -0.134. The number of ether oxygens (including phenoxy) is 1. The second-order valence-electron chi connectivity index (χ2n) is 7.98. The van der Waals surface area contributed by atoms with Gasteiger partial charge in [0.1, 0.15) is 5.72 Å². The van der Waals surface area contributed by atoms with Crippen molar-refractivity contribution >= 4 is 11.8 Å². The van der Waals surface area contributed by atoms with Gasteiger partial charge in [-0.05, 0) is 57.9 Å². The van der Waals surface area contributed by atoms with Crippen LogP contribution in [-0.2, 0) is 9.53 Å². The Labute approximate surface area is 166 Å². The maximum atomic E-state index is 12.9. The molecule has 0 radical (unpaired) electrons. The van der Waals surface area contributed by atoms with Crippen LogP contribution in [0.3, 0.4) is 0 Å². The fourth-order valence-corrected chi connectivity index (χ4v) is 3.82. The van der Waals surface area contributed by atoms with Gasteiger partial charge in [-0.1, -0.05) is 42.5 Å². The molecule has 0 unspecified atom stereocenters. The fourth-order valence-electron chi connectivity index (χ4n) is 3.82. The predicted molar refractivity (Wildman–Crippen MR) is 109 cm³/mol. The molecule has 0 aromatic heterocycles. The number of carbonyl (C=O) groups excluding carboxylic acids is 2. The Bertz CT molecular complexity index is 861. The van der Waals surface area contributed by atoms with Gasteiger partial charge in [0, 0.05) is 11.6 Å². The van der Waals surface area contributed by atoms with E-state index in [0.29, 0.717) is 11.1 Å². The van der Waals surface area contributed by atoms with Crippen LogP contribution in [0.5, 0.6) is 0 Å². The first-order chi connectivity index (χ1) is 13.2. The third kappa shape index (κ3) is 3.94. The van der Waals surface area contributed by atoms with E-state index in [9.17, 15) is 9.59 Å². The van der Waals surface area contributed by atoms with Crippen molar-refractivity contribution in [3.63, 3.8) is 0 Å². The molecule has 2 atom stereocenters. The molecule has 2 aromatic carbocycles. The predicted octanol–water partition coefficient (Wildman–Crippen LogP) is 4.22. The Balaban J connectivity index is 1.79. The number of nitrogens with one attached hydrogen (secondary N) is 1. The van der Waals surface area contributed by atoms with E-state index >= 15 is 0 Å². The Morgan fingerprint density at radius 3 is 2.36 bits per heavy atom. The summed E-state index contributed by atoms with van der Waals surface area (Å²) in [4.78, 5) is 27.4. The number of carbonyl (C=O) groups is 2. The van der Waals surface area contributed by atoms with Crippen molar-refractivity contribution in [1.82, 2.24) is 10.2 Å². The molecule has 1 heterocycles. The zero-order valence-electron chi connectivity index (χ0n) is 17.1. The van der Waals surface area contributed by atoms with Crippen molar-refractivity contribution in [1.29, 1.82) is 0 Å². The molecule has 1 aliphatic heterocycles. The van der Waals surface area contributed by atoms with E-state index in [4.69, 9.17) is 4.74 Å². The average Bonchev–Trinajstić information content (AvgIpc) is 2.91. The fraction of sp³-hybridized carbons (Fsp3) is 0.391. The number of rotatable bonds is 5. The minimum Gasteiger partial charge on any atom is -0.346 e. The molecule has 1 saturated heterocycles. The van der Waals surface area contributed by atoms with Gasteiger partial charge in [0.15, 0.2) is 6.10 Å². The van der Waals surface area contributed by atoms with Crippen LogP contribution in [0.4, 0.5) is 0 Å². The van der Waals surface area contributed by atoms with Gasteiger partial charge in [0.05, 0.1) is 6.04 Å². The summed E-state index contributed by atoms with van der Waals surface area (Å²) in [5.74, 6) is -0.251. The summed E-state index contributed by atoms with van der Waals surface area (Å²) >= 11 is 0. The van der Waals surface area contributed by atoms with Gasteiger partial charge in [-0.2, -0.15) is 0 Å². The SMILES string of the molecule is CC(C)N1C(=O)[C@H](c2cccc(C(=O)N[C@H](C)c3ccccc3)c2)OC1(C)C. The Hall–Kier alpha value is -2.66. The molecule has 5 heteroatoms. The molecule has 0 bridgehead atoms. The lowest BCUT2D eigenvalue weighted by Gasteiger charge is -2.32. The van der Waals surface area contributed by atoms with Gasteiger partial charge in [-0.3, -0.25) is 9.59 Å². The lowest BCUT2D eigenvalue weighted by atomic mass is 10.0. The summed E-state index contributed by atoms with van der Waals surface area (Å²) in [6.07, 6.45) is -0.698. The third-order valence-electron chi connectivity index (χ3n) is 5.06. The maximum Gasteiger partial charge on any atom is 0.258 e. The highest BCUT2D eigenvalue weighted by Crippen LogP contribution is 2.38. The zero-order chi connectivity index (χ0) is 20.5. The van der Waals surface area contributed by atoms with E-state index in [1.54, 1.807) is 23.1 Å². The van der Waals surface area contributed by atoms with Gasteiger partial charge in [0.25, 0.3) is 11.8 Å². The molecule has 28 heavy (non-hydrogen) atoms. The monoisotopic (exact) mass is 380 g/mol. The van der Waals surface area contributed by atoms with Gasteiger partial charge in [0.2, 0.25) is 0 Å². The highest BCUT2D eigenvalue weighted by atomic mass is 16.5. The van der Waals surface area contributed by atoms with E-state index in [-0.39, 0.29) is 23.9 Å². The number of amides is 2. The lowest BCUT2D eigenvalue weighted by Crippen LogP contribution is -2.46. The number of benzene rings is 2. The molecule has 2 amide bonds. The largest absolute Gasteiger partial charge is 0.346 e. The number of hydrogen-bond acceptors (Lipinski definition) is 3. The molecule has 0 aliphatic carbocycles. The highest BCUT2D eigenvalue weighted by Gasteiger charge is 2.47. The molecule has 0 saturated carbocycles. The summed E-state index contributed by atoms with van der Waals surface area (Å²) in [7, 11) is 0. The van der Waals surface area contributed by atoms with Crippen molar-refractivity contribution in [3.8, 4) is 0 Å². The minimum atomic E-state index is -0.698. The summed E-state index contributed by atoms with van der Waals surface area (Å²) in [5, 5.41) is 3.01. The van der Waals surface area contributed by atoms with Crippen LogP contribution in [0.2, 0.25) is 0 Å². The quantitative estimate of drug-likeness (QED) is 0.845. The normalized spacial score (nSPS) is 19.7. The first-order valence-electron chi connectivity index (χ1n) is 9.67. The second kappa shape index (κ2) is 7.76. The van der Waals surface area contributed by atoms with Gasteiger partial charge in [-0.25, -0.2) is 0 Å². The maximum absolute atomic E-state index is 12.9. The van der Waals surface area contributed by atoms with Gasteiger partial charge in [-0.15, -0.1) is 0 Å². The Morgan fingerprint density at radius 2 is 1.75 bits per heavy atom. The van der Waals surface area contributed by atoms with E-state index in [1.807, 2.05) is 71.0 Å². The second-order valence-corrected chi connectivity index (χ2v) is 7.98. The van der Waals surface area contributed by atoms with Crippen molar-refractivity contribution in [2.24, 2.45) is 0 Å². The van der Waals surface area contributed by atoms with Crippen molar-refractivity contribution in [2.45, 2.75) is 58.5 Å². The molecule has 2 aromatic rings. The zero-order valence-corrected chi connectivity index (χ0v) is 17.1. The smallest absolute Gasteiger partial charge is 0.258 e. The number of nitrogens with zero attached hydrogens (tertiary/aromatic N) is 1. The Morgan fingerprint density at radius 1 is 1.07 bits per heavy atom. The van der Waals surface area contributed by atoms with Crippen LogP contribution in [0.25, 0.3) is 0 Å². The highest BCUT2D eigenvalue weighted by molar-refractivity contribution is 5.95. The van der Waals surface area contributed by atoms with Gasteiger partial charge >= 0.3 is 0 Å². The molecule has 1 fully saturated rings. The van der Waals surface area contributed by atoms with Crippen LogP contribution in [-0.4, -0.2) is 28.5 Å². The van der Waals surface area contributed by atoms with E-state index in [0.717, 1.165) is 5.56 Å². The molecule has 1 N–H and O–H groups in total. The van der Waals surface area contributed by atoms with Crippen LogP contribution in [0.1, 0.15) is 68.2 Å². The van der Waals surface area contributed by atoms with Crippen molar-refractivity contribution in [3.05, 3.63) is 71.3 Å². The molecular formula is C23H28N2O3. The van der Waals surface area contributed by atoms with Crippen LogP contribution < -0.4 is 5.32 Å². The van der Waals surface area contributed by atoms with Crippen molar-refractivity contribution < 1.29 is 14.3 Å². The van der Waals surface area contributed by atoms with E-state index < -0.39 is 11.8 Å².